The normalized spacial score (nSPS) is 19.2. The molecule has 79 heavy (non-hydrogen) atoms. The molecule has 7 rings (SSSR count). The molecule has 19 heteroatoms. The summed E-state index contributed by atoms with van der Waals surface area (Å²) >= 11 is 0. The summed E-state index contributed by atoms with van der Waals surface area (Å²) in [5, 5.41) is 8.29. The van der Waals surface area contributed by atoms with Crippen molar-refractivity contribution in [1.82, 2.24) is 40.8 Å². The van der Waals surface area contributed by atoms with Crippen LogP contribution in [0.1, 0.15) is 121 Å². The van der Waals surface area contributed by atoms with Crippen LogP contribution in [-0.2, 0) is 49.8 Å². The van der Waals surface area contributed by atoms with Gasteiger partial charge in [0.15, 0.2) is 0 Å². The molecule has 2 saturated heterocycles. The van der Waals surface area contributed by atoms with Crippen LogP contribution in [0.5, 0.6) is 0 Å². The minimum Gasteiger partial charge on any atom is -0.453 e. The van der Waals surface area contributed by atoms with E-state index in [0.717, 1.165) is 70.8 Å². The number of amides is 4. The molecule has 4 heterocycles. The van der Waals surface area contributed by atoms with Gasteiger partial charge in [0.1, 0.15) is 35.9 Å². The number of unbranched alkanes of at least 4 members (excludes halogenated alkanes) is 1. The van der Waals surface area contributed by atoms with Gasteiger partial charge < -0.3 is 64.1 Å². The van der Waals surface area contributed by atoms with E-state index >= 15 is 0 Å². The minimum atomic E-state index is -0.730. The van der Waals surface area contributed by atoms with E-state index in [4.69, 9.17) is 38.4 Å². The molecule has 428 valence electrons. The number of hydrogen-bond donors (Lipinski definition) is 5. The fourth-order valence-corrected chi connectivity index (χ4v) is 10.6. The first-order valence-electron chi connectivity index (χ1n) is 27.6. The van der Waals surface area contributed by atoms with E-state index in [1.54, 1.807) is 14.2 Å². The van der Waals surface area contributed by atoms with Crippen LogP contribution in [0.2, 0.25) is 0 Å². The Morgan fingerprint density at radius 2 is 1.20 bits per heavy atom. The maximum Gasteiger partial charge on any atom is 0.407 e. The van der Waals surface area contributed by atoms with Gasteiger partial charge in [-0.3, -0.25) is 9.59 Å². The number of ether oxygens (including phenoxy) is 6. The molecule has 19 nitrogen and oxygen atoms in total. The summed E-state index contributed by atoms with van der Waals surface area (Å²) in [5.74, 6) is 0.898. The largest absolute Gasteiger partial charge is 0.453 e. The van der Waals surface area contributed by atoms with E-state index in [-0.39, 0.29) is 47.2 Å². The average Bonchev–Trinajstić information content (AvgIpc) is 4.48. The van der Waals surface area contributed by atoms with Gasteiger partial charge in [0.2, 0.25) is 11.8 Å². The van der Waals surface area contributed by atoms with E-state index in [9.17, 15) is 19.2 Å². The molecule has 7 unspecified atom stereocenters. The van der Waals surface area contributed by atoms with Gasteiger partial charge in [0.25, 0.3) is 0 Å². The van der Waals surface area contributed by atoms with Crippen molar-refractivity contribution in [2.45, 2.75) is 128 Å². The number of aromatic amines is 2. The number of nitrogens with one attached hydrogen (secondary N) is 5. The number of carbonyl (C=O) groups is 4. The van der Waals surface area contributed by atoms with Crippen molar-refractivity contribution in [3.05, 3.63) is 114 Å². The smallest absolute Gasteiger partial charge is 0.407 e. The third kappa shape index (κ3) is 14.9. The lowest BCUT2D eigenvalue weighted by Crippen LogP contribution is -2.51. The van der Waals surface area contributed by atoms with Crippen LogP contribution in [-0.4, -0.2) is 141 Å². The number of alkyl carbamates (subject to hydrolysis) is 2. The topological polar surface area (TPSA) is 224 Å². The van der Waals surface area contributed by atoms with Gasteiger partial charge in [-0.2, -0.15) is 0 Å². The Kier molecular flexibility index (Phi) is 21.1. The van der Waals surface area contributed by atoms with Crippen molar-refractivity contribution in [1.29, 1.82) is 0 Å². The van der Waals surface area contributed by atoms with E-state index in [1.165, 1.54) is 19.8 Å². The second-order valence-corrected chi connectivity index (χ2v) is 22.1. The lowest BCUT2D eigenvalue weighted by atomic mass is 9.87. The highest BCUT2D eigenvalue weighted by Gasteiger charge is 2.52. The zero-order valence-electron chi connectivity index (χ0n) is 47.9. The SMILES string of the molecule is COCCOC1C(OCCOC)C(c2ccc(-c3cnc(C4CCCN4C(=O)C(NC(=O)OC)C(C)C)[nH]3)cc2)N(c2ccc(C(C)(C)C)cc2)C1c1ccc(-c2cnc(CCCCNC(=O)C(NC(=O)OC)C(C)C)[nH]2)cc1. The second-order valence-electron chi connectivity index (χ2n) is 22.1. The van der Waals surface area contributed by atoms with Gasteiger partial charge in [-0.25, -0.2) is 19.6 Å². The molecule has 0 radical (unpaired) electrons. The van der Waals surface area contributed by atoms with Gasteiger partial charge in [-0.15, -0.1) is 0 Å². The highest BCUT2D eigenvalue weighted by Crippen LogP contribution is 2.50. The van der Waals surface area contributed by atoms with Crippen LogP contribution in [0.25, 0.3) is 22.5 Å². The summed E-state index contributed by atoms with van der Waals surface area (Å²) in [5.41, 5.74) is 7.86. The van der Waals surface area contributed by atoms with Gasteiger partial charge in [0, 0.05) is 39.4 Å². The number of nitrogens with zero attached hydrogens (tertiary/aromatic N) is 4. The number of aryl methyl sites for hydroxylation is 1. The molecular weight excluding hydrogens is 1010 g/mol. The molecule has 0 bridgehead atoms. The summed E-state index contributed by atoms with van der Waals surface area (Å²) in [4.78, 5) is 71.6. The molecule has 0 saturated carbocycles. The Balaban J connectivity index is 1.16. The minimum absolute atomic E-state index is 0.0605. The molecule has 7 atom stereocenters. The number of benzene rings is 3. The van der Waals surface area contributed by atoms with Gasteiger partial charge in [0.05, 0.1) is 82.6 Å². The molecule has 3 aromatic carbocycles. The maximum absolute atomic E-state index is 13.9. The number of aromatic nitrogens is 4. The maximum atomic E-state index is 13.9. The second kappa shape index (κ2) is 27.9. The number of methoxy groups -OCH3 is 4. The predicted octanol–water partition coefficient (Wildman–Crippen LogP) is 8.99. The van der Waals surface area contributed by atoms with Crippen LogP contribution in [0.4, 0.5) is 15.3 Å². The fourth-order valence-electron chi connectivity index (χ4n) is 10.6. The molecule has 2 aromatic heterocycles. The van der Waals surface area contributed by atoms with Gasteiger partial charge >= 0.3 is 12.2 Å². The molecule has 5 N–H and O–H groups in total. The Labute approximate surface area is 465 Å². The first-order chi connectivity index (χ1) is 38.0. The van der Waals surface area contributed by atoms with Crippen molar-refractivity contribution < 1.29 is 47.6 Å². The van der Waals surface area contributed by atoms with Crippen LogP contribution >= 0.6 is 0 Å². The molecule has 2 aliphatic heterocycles. The van der Waals surface area contributed by atoms with Gasteiger partial charge in [-0.1, -0.05) is 109 Å². The van der Waals surface area contributed by atoms with Gasteiger partial charge in [-0.05, 0) is 82.9 Å². The number of carbonyl (C=O) groups excluding carboxylic acids is 4. The van der Waals surface area contributed by atoms with Crippen LogP contribution in [0.15, 0.2) is 85.2 Å². The third-order valence-electron chi connectivity index (χ3n) is 14.9. The van der Waals surface area contributed by atoms with Crippen LogP contribution in [0, 0.1) is 11.8 Å². The summed E-state index contributed by atoms with van der Waals surface area (Å²) in [6, 6.07) is 23.6. The number of likely N-dealkylation sites (tertiary alicyclic amines) is 1. The quantitative estimate of drug-likeness (QED) is 0.0345. The van der Waals surface area contributed by atoms with E-state index in [2.05, 4.69) is 124 Å². The molecule has 2 aliphatic rings. The van der Waals surface area contributed by atoms with Crippen molar-refractivity contribution >= 4 is 29.7 Å². The number of rotatable bonds is 25. The first-order valence-corrected chi connectivity index (χ1v) is 27.6. The summed E-state index contributed by atoms with van der Waals surface area (Å²) in [7, 11) is 5.91. The predicted molar refractivity (Wildman–Crippen MR) is 302 cm³/mol. The van der Waals surface area contributed by atoms with E-state index in [0.29, 0.717) is 51.8 Å². The van der Waals surface area contributed by atoms with Crippen molar-refractivity contribution in [2.24, 2.45) is 11.8 Å². The summed E-state index contributed by atoms with van der Waals surface area (Å²) in [6.45, 7) is 16.7. The number of imidazole rings is 2. The highest BCUT2D eigenvalue weighted by molar-refractivity contribution is 5.87. The molecule has 5 aromatic rings. The van der Waals surface area contributed by atoms with E-state index in [1.807, 2.05) is 45.0 Å². The number of H-pyrrole nitrogens is 2. The molecule has 0 aliphatic carbocycles. The zero-order chi connectivity index (χ0) is 56.8. The Bertz CT molecular complexity index is 2740. The molecular formula is C60H83N9O10. The lowest BCUT2D eigenvalue weighted by molar-refractivity contribution is -0.135. The van der Waals surface area contributed by atoms with E-state index < -0.39 is 36.5 Å². The number of anilines is 1. The molecule has 4 amide bonds. The molecule has 0 spiro atoms. The standard InChI is InChI=1S/C60H83N9O10/c1-37(2)49(66-58(72)76-10)56(70)61-29-13-12-16-48-62-35-45(64-48)39-17-21-41(22-18-39)51-53(78-33-31-74-8)54(79-34-32-75-9)52(69(51)44-27-25-43(26-28-44)60(5,6)7)42-23-19-40(20-24-42)46-36-63-55(65-46)47-15-14-30-68(47)57(71)50(38(3)4)67-59(73)77-11/h17-28,35-38,47,49-54H,12-16,29-34H2,1-11H3,(H,61,70)(H,62,64)(H,63,65)(H,66,72)(H,67,73). The summed E-state index contributed by atoms with van der Waals surface area (Å²) in [6.07, 6.45) is 5.29. The number of hydrogen-bond acceptors (Lipinski definition) is 13. The fraction of sp³-hybridized carbons (Fsp3) is 0.533. The van der Waals surface area contributed by atoms with Crippen LogP contribution < -0.4 is 20.9 Å². The van der Waals surface area contributed by atoms with Crippen LogP contribution in [0.3, 0.4) is 0 Å². The first kappa shape index (κ1) is 59.9. The monoisotopic (exact) mass is 1090 g/mol. The van der Waals surface area contributed by atoms with Crippen molar-refractivity contribution in [2.75, 3.05) is 72.9 Å². The Morgan fingerprint density at radius 3 is 1.72 bits per heavy atom. The summed E-state index contributed by atoms with van der Waals surface area (Å²) < 4.78 is 34.5. The highest BCUT2D eigenvalue weighted by atomic mass is 16.6. The van der Waals surface area contributed by atoms with Crippen molar-refractivity contribution in [3.63, 3.8) is 0 Å². The lowest BCUT2D eigenvalue weighted by Gasteiger charge is -2.34. The third-order valence-corrected chi connectivity index (χ3v) is 14.9. The zero-order valence-corrected chi connectivity index (χ0v) is 47.9. The average molecular weight is 1090 g/mol. The van der Waals surface area contributed by atoms with Crippen molar-refractivity contribution in [3.8, 4) is 22.5 Å². The Morgan fingerprint density at radius 1 is 0.671 bits per heavy atom. The molecule has 2 fully saturated rings. The Hall–Kier alpha value is -6.80.